The molecule has 1 fully saturated rings. The second kappa shape index (κ2) is 8.44. The van der Waals surface area contributed by atoms with Crippen LogP contribution >= 0.6 is 11.8 Å². The molecular weight excluding hydrogens is 330 g/mol. The van der Waals surface area contributed by atoms with Gasteiger partial charge < -0.3 is 0 Å². The van der Waals surface area contributed by atoms with Crippen molar-refractivity contribution in [3.05, 3.63) is 84.4 Å². The first-order valence-electron chi connectivity index (χ1n) is 8.07. The number of rotatable bonds is 6. The lowest BCUT2D eigenvalue weighted by molar-refractivity contribution is -0.125. The molecule has 0 saturated carbocycles. The molecule has 2 aromatic carbocycles. The Kier molecular flexibility index (Phi) is 5.80. The summed E-state index contributed by atoms with van der Waals surface area (Å²) >= 11 is 1.46. The zero-order valence-electron chi connectivity index (χ0n) is 13.8. The van der Waals surface area contributed by atoms with E-state index >= 15 is 0 Å². The van der Waals surface area contributed by atoms with Gasteiger partial charge in [0.15, 0.2) is 5.17 Å². The SMILES string of the molecule is C=CCN1C(=O)[C@H](Cc2ccccc2)S/C1=N\N=C/c1ccccc1. The molecule has 1 heterocycles. The van der Waals surface area contributed by atoms with E-state index in [1.807, 2.05) is 60.7 Å². The quantitative estimate of drug-likeness (QED) is 0.453. The van der Waals surface area contributed by atoms with Crippen LogP contribution in [0.1, 0.15) is 11.1 Å². The van der Waals surface area contributed by atoms with E-state index in [2.05, 4.69) is 16.8 Å². The summed E-state index contributed by atoms with van der Waals surface area (Å²) in [6.07, 6.45) is 4.08. The average molecular weight is 349 g/mol. The average Bonchev–Trinajstić information content (AvgIpc) is 2.93. The number of amides is 1. The Morgan fingerprint density at radius 1 is 1.08 bits per heavy atom. The molecule has 0 N–H and O–H groups in total. The van der Waals surface area contributed by atoms with E-state index in [0.29, 0.717) is 18.1 Å². The van der Waals surface area contributed by atoms with Crippen molar-refractivity contribution in [3.63, 3.8) is 0 Å². The van der Waals surface area contributed by atoms with Crippen LogP contribution in [0.3, 0.4) is 0 Å². The monoisotopic (exact) mass is 349 g/mol. The topological polar surface area (TPSA) is 45.0 Å². The molecule has 0 spiro atoms. The van der Waals surface area contributed by atoms with Gasteiger partial charge in [0.25, 0.3) is 0 Å². The molecule has 0 aromatic heterocycles. The maximum Gasteiger partial charge on any atom is 0.242 e. The molecule has 2 aromatic rings. The Labute approximate surface area is 152 Å². The fourth-order valence-electron chi connectivity index (χ4n) is 2.53. The Morgan fingerprint density at radius 2 is 1.76 bits per heavy atom. The highest BCUT2D eigenvalue weighted by Crippen LogP contribution is 2.29. The van der Waals surface area contributed by atoms with Crippen molar-refractivity contribution in [2.24, 2.45) is 10.2 Å². The molecule has 1 aliphatic rings. The van der Waals surface area contributed by atoms with Crippen molar-refractivity contribution in [1.29, 1.82) is 0 Å². The molecule has 25 heavy (non-hydrogen) atoms. The van der Waals surface area contributed by atoms with Gasteiger partial charge in [-0.1, -0.05) is 78.5 Å². The number of nitrogens with zero attached hydrogens (tertiary/aromatic N) is 3. The lowest BCUT2D eigenvalue weighted by atomic mass is 10.1. The smallest absolute Gasteiger partial charge is 0.242 e. The van der Waals surface area contributed by atoms with E-state index < -0.39 is 0 Å². The van der Waals surface area contributed by atoms with Gasteiger partial charge >= 0.3 is 0 Å². The summed E-state index contributed by atoms with van der Waals surface area (Å²) in [7, 11) is 0. The number of carbonyl (C=O) groups excluding carboxylic acids is 1. The number of carbonyl (C=O) groups is 1. The molecule has 4 nitrogen and oxygen atoms in total. The minimum absolute atomic E-state index is 0.0578. The molecule has 0 unspecified atom stereocenters. The van der Waals surface area contributed by atoms with Crippen molar-refractivity contribution in [2.45, 2.75) is 11.7 Å². The minimum Gasteiger partial charge on any atom is -0.285 e. The zero-order valence-corrected chi connectivity index (χ0v) is 14.6. The standard InChI is InChI=1S/C20H19N3OS/c1-2-13-23-19(24)18(14-16-9-5-3-6-10-16)25-20(23)22-21-15-17-11-7-4-8-12-17/h2-12,15,18H,1,13-14H2/b21-15-,22-20-/t18-/m0/s1. The third kappa shape index (κ3) is 4.45. The number of hydrogen-bond donors (Lipinski definition) is 0. The van der Waals surface area contributed by atoms with Crippen LogP contribution in [0.2, 0.25) is 0 Å². The lowest BCUT2D eigenvalue weighted by Gasteiger charge is -2.12. The molecular formula is C20H19N3OS. The largest absolute Gasteiger partial charge is 0.285 e. The summed E-state index contributed by atoms with van der Waals surface area (Å²) in [5.74, 6) is 0.0578. The van der Waals surface area contributed by atoms with E-state index in [-0.39, 0.29) is 11.2 Å². The van der Waals surface area contributed by atoms with Gasteiger partial charge in [-0.05, 0) is 17.5 Å². The van der Waals surface area contributed by atoms with Crippen LogP contribution in [0, 0.1) is 0 Å². The number of hydrogen-bond acceptors (Lipinski definition) is 4. The van der Waals surface area contributed by atoms with Gasteiger partial charge in [-0.25, -0.2) is 0 Å². The van der Waals surface area contributed by atoms with Gasteiger partial charge in [0.1, 0.15) is 0 Å². The predicted octanol–water partition coefficient (Wildman–Crippen LogP) is 3.75. The normalized spacial score (nSPS) is 19.0. The molecule has 1 aliphatic heterocycles. The maximum atomic E-state index is 12.7. The number of thioether (sulfide) groups is 1. The van der Waals surface area contributed by atoms with Crippen molar-refractivity contribution >= 4 is 29.1 Å². The van der Waals surface area contributed by atoms with Gasteiger partial charge in [-0.15, -0.1) is 11.7 Å². The first-order chi connectivity index (χ1) is 12.3. The van der Waals surface area contributed by atoms with Crippen molar-refractivity contribution < 1.29 is 4.79 Å². The Bertz CT molecular complexity index is 787. The summed E-state index contributed by atoms with van der Waals surface area (Å²) in [6, 6.07) is 19.8. The first kappa shape index (κ1) is 17.2. The predicted molar refractivity (Wildman–Crippen MR) is 105 cm³/mol. The summed E-state index contributed by atoms with van der Waals surface area (Å²) in [6.45, 7) is 4.17. The molecule has 0 radical (unpaired) electrons. The summed E-state index contributed by atoms with van der Waals surface area (Å²) in [5, 5.41) is 8.86. The van der Waals surface area contributed by atoms with Crippen molar-refractivity contribution in [3.8, 4) is 0 Å². The Morgan fingerprint density at radius 3 is 2.44 bits per heavy atom. The van der Waals surface area contributed by atoms with Crippen molar-refractivity contribution in [2.75, 3.05) is 6.54 Å². The number of benzene rings is 2. The Hall–Kier alpha value is -2.66. The van der Waals surface area contributed by atoms with Gasteiger partial charge in [0.05, 0.1) is 11.5 Å². The fraction of sp³-hybridized carbons (Fsp3) is 0.150. The second-order valence-electron chi connectivity index (χ2n) is 5.57. The van der Waals surface area contributed by atoms with Gasteiger partial charge in [0.2, 0.25) is 5.91 Å². The van der Waals surface area contributed by atoms with Crippen LogP contribution in [-0.4, -0.2) is 34.0 Å². The number of amidine groups is 1. The Balaban J connectivity index is 1.75. The summed E-state index contributed by atoms with van der Waals surface area (Å²) in [5.41, 5.74) is 2.11. The zero-order chi connectivity index (χ0) is 17.5. The highest BCUT2D eigenvalue weighted by Gasteiger charge is 2.37. The van der Waals surface area contributed by atoms with E-state index in [9.17, 15) is 4.79 Å². The molecule has 3 rings (SSSR count). The van der Waals surface area contributed by atoms with E-state index in [1.165, 1.54) is 11.8 Å². The lowest BCUT2D eigenvalue weighted by Crippen LogP contribution is -2.32. The third-order valence-corrected chi connectivity index (χ3v) is 4.91. The summed E-state index contributed by atoms with van der Waals surface area (Å²) < 4.78 is 0. The highest BCUT2D eigenvalue weighted by molar-refractivity contribution is 8.15. The molecule has 1 amide bonds. The van der Waals surface area contributed by atoms with Crippen LogP contribution in [-0.2, 0) is 11.2 Å². The maximum absolute atomic E-state index is 12.7. The van der Waals surface area contributed by atoms with Gasteiger partial charge in [0, 0.05) is 6.54 Å². The van der Waals surface area contributed by atoms with Crippen LogP contribution in [0.15, 0.2) is 83.5 Å². The molecule has 5 heteroatoms. The third-order valence-electron chi connectivity index (χ3n) is 3.75. The van der Waals surface area contributed by atoms with Gasteiger partial charge in [-0.3, -0.25) is 9.69 Å². The minimum atomic E-state index is -0.173. The second-order valence-corrected chi connectivity index (χ2v) is 6.74. The molecule has 0 aliphatic carbocycles. The fourth-order valence-corrected chi connectivity index (χ4v) is 3.67. The van der Waals surface area contributed by atoms with Crippen LogP contribution in [0.5, 0.6) is 0 Å². The van der Waals surface area contributed by atoms with Crippen LogP contribution < -0.4 is 0 Å². The molecule has 1 saturated heterocycles. The molecule has 0 bridgehead atoms. The first-order valence-corrected chi connectivity index (χ1v) is 8.95. The van der Waals surface area contributed by atoms with E-state index in [1.54, 1.807) is 17.2 Å². The highest BCUT2D eigenvalue weighted by atomic mass is 32.2. The van der Waals surface area contributed by atoms with Crippen LogP contribution in [0.25, 0.3) is 0 Å². The van der Waals surface area contributed by atoms with Crippen molar-refractivity contribution in [1.82, 2.24) is 4.90 Å². The van der Waals surface area contributed by atoms with Gasteiger partial charge in [-0.2, -0.15) is 5.10 Å². The van der Waals surface area contributed by atoms with Crippen LogP contribution in [0.4, 0.5) is 0 Å². The summed E-state index contributed by atoms with van der Waals surface area (Å²) in [4.78, 5) is 14.3. The molecule has 126 valence electrons. The molecule has 1 atom stereocenters. The van der Waals surface area contributed by atoms with E-state index in [0.717, 1.165) is 11.1 Å². The van der Waals surface area contributed by atoms with E-state index in [4.69, 9.17) is 0 Å².